The zero-order valence-corrected chi connectivity index (χ0v) is 24.6. The Hall–Kier alpha value is -4.62. The van der Waals surface area contributed by atoms with Crippen molar-refractivity contribution in [3.8, 4) is 11.1 Å². The summed E-state index contributed by atoms with van der Waals surface area (Å²) in [5.74, 6) is 0.932. The Kier molecular flexibility index (Phi) is 8.47. The predicted octanol–water partition coefficient (Wildman–Crippen LogP) is 10.6. The van der Waals surface area contributed by atoms with Crippen LogP contribution in [-0.4, -0.2) is 6.04 Å². The first-order chi connectivity index (χ1) is 20.7. The van der Waals surface area contributed by atoms with Gasteiger partial charge in [0.05, 0.1) is 6.04 Å². The van der Waals surface area contributed by atoms with Crippen LogP contribution in [0.15, 0.2) is 157 Å². The molecule has 6 rings (SSSR count). The fraction of sp³-hybridized carbons (Fsp3) is 0.171. The second-order valence-electron chi connectivity index (χ2n) is 11.5. The summed E-state index contributed by atoms with van der Waals surface area (Å²) < 4.78 is 0. The molecule has 1 nitrogen and oxygen atoms in total. The van der Waals surface area contributed by atoms with Crippen LogP contribution in [0.1, 0.15) is 37.0 Å². The van der Waals surface area contributed by atoms with Gasteiger partial charge in [-0.2, -0.15) is 0 Å². The number of hydrogen-bond donors (Lipinski definition) is 0. The minimum Gasteiger partial charge on any atom is -0.337 e. The molecule has 0 fully saturated rings. The second kappa shape index (κ2) is 12.9. The van der Waals surface area contributed by atoms with E-state index in [0.29, 0.717) is 17.9 Å². The molecule has 0 radical (unpaired) electrons. The molecule has 3 atom stereocenters. The molecule has 0 aromatic heterocycles. The van der Waals surface area contributed by atoms with E-state index in [1.165, 1.54) is 44.8 Å². The van der Waals surface area contributed by atoms with Crippen LogP contribution in [0.25, 0.3) is 22.8 Å². The van der Waals surface area contributed by atoms with Gasteiger partial charge >= 0.3 is 0 Å². The van der Waals surface area contributed by atoms with Gasteiger partial charge in [0.2, 0.25) is 0 Å². The Morgan fingerprint density at radius 2 is 1.36 bits per heavy atom. The third-order valence-electron chi connectivity index (χ3n) is 8.46. The summed E-state index contributed by atoms with van der Waals surface area (Å²) in [7, 11) is 0. The van der Waals surface area contributed by atoms with Crippen LogP contribution < -0.4 is 4.90 Å². The lowest BCUT2D eigenvalue weighted by atomic mass is 9.90. The Morgan fingerprint density at radius 1 is 0.714 bits per heavy atom. The van der Waals surface area contributed by atoms with Crippen molar-refractivity contribution in [2.75, 3.05) is 4.90 Å². The summed E-state index contributed by atoms with van der Waals surface area (Å²) in [5, 5.41) is 0. The Morgan fingerprint density at radius 3 is 2.02 bits per heavy atom. The van der Waals surface area contributed by atoms with E-state index in [-0.39, 0.29) is 0 Å². The van der Waals surface area contributed by atoms with Gasteiger partial charge in [-0.1, -0.05) is 153 Å². The number of benzene rings is 4. The monoisotopic (exact) mass is 545 g/mol. The van der Waals surface area contributed by atoms with Gasteiger partial charge in [-0.25, -0.2) is 0 Å². The van der Waals surface area contributed by atoms with Gasteiger partial charge in [0.25, 0.3) is 0 Å². The summed E-state index contributed by atoms with van der Waals surface area (Å²) >= 11 is 0. The maximum atomic E-state index is 2.55. The normalized spacial score (nSPS) is 19.9. The molecule has 2 aliphatic carbocycles. The summed E-state index contributed by atoms with van der Waals surface area (Å²) in [4.78, 5) is 2.55. The van der Waals surface area contributed by atoms with Crippen LogP contribution in [-0.2, 0) is 6.42 Å². The molecule has 0 aliphatic heterocycles. The number of anilines is 1. The number of hydrogen-bond acceptors (Lipinski definition) is 1. The molecule has 42 heavy (non-hydrogen) atoms. The first kappa shape index (κ1) is 27.5. The predicted molar refractivity (Wildman–Crippen MR) is 181 cm³/mol. The highest BCUT2D eigenvalue weighted by atomic mass is 15.2. The molecule has 4 aromatic carbocycles. The second-order valence-corrected chi connectivity index (χ2v) is 11.5. The summed E-state index contributed by atoms with van der Waals surface area (Å²) in [6, 6.07) is 39.8. The molecule has 3 unspecified atom stereocenters. The van der Waals surface area contributed by atoms with Crippen molar-refractivity contribution in [1.82, 2.24) is 0 Å². The van der Waals surface area contributed by atoms with Gasteiger partial charge in [0.15, 0.2) is 0 Å². The first-order valence-electron chi connectivity index (χ1n) is 15.2. The van der Waals surface area contributed by atoms with Crippen LogP contribution in [0.4, 0.5) is 5.69 Å². The first-order valence-corrected chi connectivity index (χ1v) is 15.2. The Balaban J connectivity index is 1.26. The molecule has 4 aromatic rings. The van der Waals surface area contributed by atoms with E-state index in [9.17, 15) is 0 Å². The van der Waals surface area contributed by atoms with E-state index in [4.69, 9.17) is 0 Å². The maximum Gasteiger partial charge on any atom is 0.0582 e. The summed E-state index contributed by atoms with van der Waals surface area (Å²) in [6.07, 6.45) is 20.1. The van der Waals surface area contributed by atoms with Crippen LogP contribution in [0.3, 0.4) is 0 Å². The largest absolute Gasteiger partial charge is 0.337 e. The Labute approximate surface area is 251 Å². The van der Waals surface area contributed by atoms with Gasteiger partial charge in [-0.3, -0.25) is 0 Å². The van der Waals surface area contributed by atoms with E-state index < -0.39 is 0 Å². The van der Waals surface area contributed by atoms with Crippen molar-refractivity contribution in [3.63, 3.8) is 0 Å². The SMILES string of the molecule is CC1CC=CC=C1N(c1ccc(-c2ccc(/C=C(\Cc3ccccc3)c3ccccc3)cc2)cc1)C1C=CC=CC1C. The average molecular weight is 546 g/mol. The molecule has 0 bridgehead atoms. The topological polar surface area (TPSA) is 3.24 Å². The molecule has 208 valence electrons. The van der Waals surface area contributed by atoms with Crippen molar-refractivity contribution in [3.05, 3.63) is 174 Å². The highest BCUT2D eigenvalue weighted by molar-refractivity contribution is 5.83. The van der Waals surface area contributed by atoms with Crippen LogP contribution >= 0.6 is 0 Å². The zero-order valence-electron chi connectivity index (χ0n) is 24.6. The molecule has 0 saturated carbocycles. The smallest absolute Gasteiger partial charge is 0.0582 e. The molecule has 1 heteroatoms. The minimum atomic E-state index is 0.307. The standard InChI is InChI=1S/C41H39N/c1-31-13-9-11-19-40(31)42(41-20-12-10-14-32(41)2)39-27-25-37(26-28-39)36-23-21-34(22-24-36)30-38(35-17-7-4-8-18-35)29-33-15-5-3-6-16-33/h3-13,15-28,30-32,40H,14,29H2,1-2H3/b38-30+. The van der Waals surface area contributed by atoms with Gasteiger partial charge in [-0.15, -0.1) is 0 Å². The average Bonchev–Trinajstić information content (AvgIpc) is 3.04. The quantitative estimate of drug-likeness (QED) is 0.199. The van der Waals surface area contributed by atoms with Crippen molar-refractivity contribution >= 4 is 17.3 Å². The van der Waals surface area contributed by atoms with E-state index in [1.807, 2.05) is 0 Å². The number of nitrogens with zero attached hydrogens (tertiary/aromatic N) is 1. The van der Waals surface area contributed by atoms with Crippen molar-refractivity contribution < 1.29 is 0 Å². The van der Waals surface area contributed by atoms with E-state index >= 15 is 0 Å². The lowest BCUT2D eigenvalue weighted by Gasteiger charge is -2.40. The minimum absolute atomic E-state index is 0.307. The summed E-state index contributed by atoms with van der Waals surface area (Å²) in [5.41, 5.74) is 10.2. The molecule has 0 N–H and O–H groups in total. The fourth-order valence-corrected chi connectivity index (χ4v) is 6.07. The van der Waals surface area contributed by atoms with Gasteiger partial charge in [0.1, 0.15) is 0 Å². The fourth-order valence-electron chi connectivity index (χ4n) is 6.07. The molecule has 0 heterocycles. The maximum absolute atomic E-state index is 2.55. The lowest BCUT2D eigenvalue weighted by Crippen LogP contribution is -2.40. The van der Waals surface area contributed by atoms with E-state index in [1.54, 1.807) is 0 Å². The third-order valence-corrected chi connectivity index (χ3v) is 8.46. The van der Waals surface area contributed by atoms with Gasteiger partial charge in [0, 0.05) is 11.4 Å². The van der Waals surface area contributed by atoms with Crippen LogP contribution in [0, 0.1) is 11.8 Å². The Bertz CT molecular complexity index is 1620. The van der Waals surface area contributed by atoms with Crippen molar-refractivity contribution in [2.45, 2.75) is 32.7 Å². The number of rotatable bonds is 8. The molecule has 0 spiro atoms. The van der Waals surface area contributed by atoms with Crippen molar-refractivity contribution in [2.24, 2.45) is 11.8 Å². The van der Waals surface area contributed by atoms with Crippen LogP contribution in [0.2, 0.25) is 0 Å². The van der Waals surface area contributed by atoms with Gasteiger partial charge in [-0.05, 0) is 76.3 Å². The number of allylic oxidation sites excluding steroid dienone is 7. The molecular formula is C41H39N. The highest BCUT2D eigenvalue weighted by Crippen LogP contribution is 2.35. The van der Waals surface area contributed by atoms with Crippen molar-refractivity contribution in [1.29, 1.82) is 0 Å². The zero-order chi connectivity index (χ0) is 28.7. The van der Waals surface area contributed by atoms with Gasteiger partial charge < -0.3 is 4.90 Å². The molecule has 0 amide bonds. The third kappa shape index (κ3) is 6.31. The summed E-state index contributed by atoms with van der Waals surface area (Å²) in [6.45, 7) is 4.65. The lowest BCUT2D eigenvalue weighted by molar-refractivity contribution is 0.549. The molecule has 0 saturated heterocycles. The highest BCUT2D eigenvalue weighted by Gasteiger charge is 2.28. The van der Waals surface area contributed by atoms with E-state index in [2.05, 4.69) is 177 Å². The molecule has 2 aliphatic rings. The van der Waals surface area contributed by atoms with Crippen LogP contribution in [0.5, 0.6) is 0 Å². The van der Waals surface area contributed by atoms with E-state index in [0.717, 1.165) is 12.8 Å². The molecular weight excluding hydrogens is 506 g/mol.